The SMILES string of the molecule is CCCCN1C=CC=CC1.I. The van der Waals surface area contributed by atoms with Crippen LogP contribution in [0.5, 0.6) is 0 Å². The second-order valence-corrected chi connectivity index (χ2v) is 2.62. The molecule has 0 N–H and O–H groups in total. The van der Waals surface area contributed by atoms with E-state index in [4.69, 9.17) is 0 Å². The minimum Gasteiger partial charge on any atom is -0.374 e. The van der Waals surface area contributed by atoms with Crippen molar-refractivity contribution in [2.24, 2.45) is 0 Å². The van der Waals surface area contributed by atoms with Crippen LogP contribution < -0.4 is 0 Å². The van der Waals surface area contributed by atoms with E-state index in [1.165, 1.54) is 19.4 Å². The van der Waals surface area contributed by atoms with E-state index >= 15 is 0 Å². The molecule has 0 saturated heterocycles. The molecule has 0 aromatic carbocycles. The molecule has 1 aliphatic heterocycles. The maximum atomic E-state index is 2.34. The first-order valence-corrected chi connectivity index (χ1v) is 4.01. The van der Waals surface area contributed by atoms with Gasteiger partial charge in [0.1, 0.15) is 0 Å². The van der Waals surface area contributed by atoms with E-state index in [-0.39, 0.29) is 24.0 Å². The highest BCUT2D eigenvalue weighted by Gasteiger charge is 1.96. The fraction of sp³-hybridized carbons (Fsp3) is 0.556. The van der Waals surface area contributed by atoms with Gasteiger partial charge >= 0.3 is 0 Å². The Hall–Kier alpha value is 0.01000. The standard InChI is InChI=1S/C9H15N.HI/c1-2-3-7-10-8-5-4-6-9-10;/h4-6,8H,2-3,7,9H2,1H3;1H. The smallest absolute Gasteiger partial charge is 0.0357 e. The van der Waals surface area contributed by atoms with Gasteiger partial charge in [-0.25, -0.2) is 0 Å². The first-order valence-electron chi connectivity index (χ1n) is 4.01. The summed E-state index contributed by atoms with van der Waals surface area (Å²) >= 11 is 0. The lowest BCUT2D eigenvalue weighted by Crippen LogP contribution is -2.19. The van der Waals surface area contributed by atoms with Gasteiger partial charge in [-0.2, -0.15) is 0 Å². The maximum Gasteiger partial charge on any atom is 0.0357 e. The first kappa shape index (κ1) is 11.0. The number of hydrogen-bond donors (Lipinski definition) is 0. The molecule has 0 amide bonds. The quantitative estimate of drug-likeness (QED) is 0.709. The fourth-order valence-electron chi connectivity index (χ4n) is 1.03. The molecule has 64 valence electrons. The van der Waals surface area contributed by atoms with Gasteiger partial charge in [0.05, 0.1) is 0 Å². The molecule has 0 atom stereocenters. The van der Waals surface area contributed by atoms with Crippen LogP contribution >= 0.6 is 24.0 Å². The summed E-state index contributed by atoms with van der Waals surface area (Å²) < 4.78 is 0. The molecule has 0 aromatic rings. The first-order chi connectivity index (χ1) is 4.93. The monoisotopic (exact) mass is 265 g/mol. The highest BCUT2D eigenvalue weighted by atomic mass is 127. The van der Waals surface area contributed by atoms with Gasteiger partial charge in [-0.15, -0.1) is 24.0 Å². The van der Waals surface area contributed by atoms with Crippen LogP contribution in [-0.4, -0.2) is 18.0 Å². The van der Waals surface area contributed by atoms with Crippen LogP contribution in [0.4, 0.5) is 0 Å². The van der Waals surface area contributed by atoms with Gasteiger partial charge in [0.2, 0.25) is 0 Å². The fourth-order valence-corrected chi connectivity index (χ4v) is 1.03. The Bertz CT molecular complexity index is 140. The van der Waals surface area contributed by atoms with Crippen molar-refractivity contribution in [2.75, 3.05) is 13.1 Å². The Kier molecular flexibility index (Phi) is 6.71. The zero-order valence-electron chi connectivity index (χ0n) is 6.99. The zero-order valence-corrected chi connectivity index (χ0v) is 9.32. The number of nitrogens with zero attached hydrogens (tertiary/aromatic N) is 1. The number of halogens is 1. The summed E-state index contributed by atoms with van der Waals surface area (Å²) in [6.07, 6.45) is 11.1. The van der Waals surface area contributed by atoms with Crippen LogP contribution in [0, 0.1) is 0 Å². The van der Waals surface area contributed by atoms with E-state index < -0.39 is 0 Å². The summed E-state index contributed by atoms with van der Waals surface area (Å²) in [5, 5.41) is 0. The predicted octanol–water partition coefficient (Wildman–Crippen LogP) is 2.79. The number of hydrogen-bond acceptors (Lipinski definition) is 1. The molecule has 1 heterocycles. The lowest BCUT2D eigenvalue weighted by atomic mass is 10.3. The Labute approximate surface area is 86.2 Å². The summed E-state index contributed by atoms with van der Waals surface area (Å²) in [5.74, 6) is 0. The van der Waals surface area contributed by atoms with Gasteiger partial charge in [-0.05, 0) is 18.7 Å². The summed E-state index contributed by atoms with van der Waals surface area (Å²) in [4.78, 5) is 2.34. The second kappa shape index (κ2) is 6.70. The second-order valence-electron chi connectivity index (χ2n) is 2.62. The molecule has 0 aromatic heterocycles. The lowest BCUT2D eigenvalue weighted by Gasteiger charge is -2.19. The van der Waals surface area contributed by atoms with E-state index in [0.29, 0.717) is 0 Å². The number of allylic oxidation sites excluding steroid dienone is 2. The van der Waals surface area contributed by atoms with Crippen molar-refractivity contribution in [1.82, 2.24) is 4.90 Å². The number of rotatable bonds is 3. The van der Waals surface area contributed by atoms with Gasteiger partial charge in [-0.3, -0.25) is 0 Å². The van der Waals surface area contributed by atoms with Gasteiger partial charge in [0.25, 0.3) is 0 Å². The molecular weight excluding hydrogens is 249 g/mol. The van der Waals surface area contributed by atoms with Gasteiger partial charge < -0.3 is 4.90 Å². The third-order valence-electron chi connectivity index (χ3n) is 1.68. The molecule has 1 aliphatic rings. The van der Waals surface area contributed by atoms with E-state index in [9.17, 15) is 0 Å². The molecule has 0 fully saturated rings. The molecule has 1 nitrogen and oxygen atoms in total. The molecule has 0 bridgehead atoms. The minimum atomic E-state index is 0. The van der Waals surface area contributed by atoms with E-state index in [1.807, 2.05) is 0 Å². The van der Waals surface area contributed by atoms with Crippen molar-refractivity contribution in [2.45, 2.75) is 19.8 Å². The van der Waals surface area contributed by atoms with Crippen molar-refractivity contribution in [3.8, 4) is 0 Å². The third kappa shape index (κ3) is 4.45. The predicted molar refractivity (Wildman–Crippen MR) is 60.2 cm³/mol. The molecule has 0 spiro atoms. The maximum absolute atomic E-state index is 2.34. The van der Waals surface area contributed by atoms with Crippen molar-refractivity contribution in [3.63, 3.8) is 0 Å². The topological polar surface area (TPSA) is 3.24 Å². The van der Waals surface area contributed by atoms with Crippen molar-refractivity contribution >= 4 is 24.0 Å². The van der Waals surface area contributed by atoms with Crippen LogP contribution in [0.15, 0.2) is 24.4 Å². The van der Waals surface area contributed by atoms with Crippen LogP contribution in [0.3, 0.4) is 0 Å². The Balaban J connectivity index is 0.000001000. The Morgan fingerprint density at radius 2 is 2.18 bits per heavy atom. The summed E-state index contributed by atoms with van der Waals surface area (Å²) in [6.45, 7) is 4.53. The van der Waals surface area contributed by atoms with Crippen LogP contribution in [0.25, 0.3) is 0 Å². The van der Waals surface area contributed by atoms with Crippen molar-refractivity contribution in [3.05, 3.63) is 24.4 Å². The minimum absolute atomic E-state index is 0. The lowest BCUT2D eigenvalue weighted by molar-refractivity contribution is 0.401. The zero-order chi connectivity index (χ0) is 7.23. The van der Waals surface area contributed by atoms with Crippen LogP contribution in [0.1, 0.15) is 19.8 Å². The largest absolute Gasteiger partial charge is 0.374 e. The molecule has 0 aliphatic carbocycles. The van der Waals surface area contributed by atoms with Crippen molar-refractivity contribution in [1.29, 1.82) is 0 Å². The average Bonchev–Trinajstić information content (AvgIpc) is 2.03. The Morgan fingerprint density at radius 3 is 2.73 bits per heavy atom. The molecule has 1 rings (SSSR count). The van der Waals surface area contributed by atoms with Gasteiger partial charge in [-0.1, -0.05) is 25.5 Å². The van der Waals surface area contributed by atoms with Gasteiger partial charge in [0.15, 0.2) is 0 Å². The van der Waals surface area contributed by atoms with Crippen LogP contribution in [-0.2, 0) is 0 Å². The van der Waals surface area contributed by atoms with Gasteiger partial charge in [0, 0.05) is 13.1 Å². The summed E-state index contributed by atoms with van der Waals surface area (Å²) in [5.41, 5.74) is 0. The van der Waals surface area contributed by atoms with E-state index in [0.717, 1.165) is 6.54 Å². The van der Waals surface area contributed by atoms with E-state index in [1.54, 1.807) is 0 Å². The molecule has 0 radical (unpaired) electrons. The Morgan fingerprint density at radius 1 is 1.36 bits per heavy atom. The summed E-state index contributed by atoms with van der Waals surface area (Å²) in [6, 6.07) is 0. The average molecular weight is 265 g/mol. The molecular formula is C9H16IN. The summed E-state index contributed by atoms with van der Waals surface area (Å²) in [7, 11) is 0. The van der Waals surface area contributed by atoms with Crippen molar-refractivity contribution < 1.29 is 0 Å². The third-order valence-corrected chi connectivity index (χ3v) is 1.68. The normalized spacial score (nSPS) is 14.8. The highest BCUT2D eigenvalue weighted by Crippen LogP contribution is 2.00. The molecule has 0 saturated carbocycles. The molecule has 11 heavy (non-hydrogen) atoms. The van der Waals surface area contributed by atoms with E-state index in [2.05, 4.69) is 36.3 Å². The van der Waals surface area contributed by atoms with Crippen LogP contribution in [0.2, 0.25) is 0 Å². The number of unbranched alkanes of at least 4 members (excludes halogenated alkanes) is 1. The molecule has 0 unspecified atom stereocenters. The highest BCUT2D eigenvalue weighted by molar-refractivity contribution is 14.0. The molecule has 2 heteroatoms.